The van der Waals surface area contributed by atoms with Gasteiger partial charge in [0, 0.05) is 61.2 Å². The number of rotatable bonds is 9. The van der Waals surface area contributed by atoms with Gasteiger partial charge in [-0.1, -0.05) is 75.0 Å². The maximum atomic E-state index is 12.8. The summed E-state index contributed by atoms with van der Waals surface area (Å²) in [6.07, 6.45) is 0. The summed E-state index contributed by atoms with van der Waals surface area (Å²) < 4.78 is 5.31. The molecule has 4 aromatic rings. The second-order valence-corrected chi connectivity index (χ2v) is 12.4. The van der Waals surface area contributed by atoms with Gasteiger partial charge in [-0.3, -0.25) is 4.79 Å². The van der Waals surface area contributed by atoms with E-state index in [1.54, 1.807) is 18.9 Å². The van der Waals surface area contributed by atoms with Crippen molar-refractivity contribution in [3.05, 3.63) is 107 Å². The molecule has 3 aromatic carbocycles. The van der Waals surface area contributed by atoms with Gasteiger partial charge in [0.2, 0.25) is 0 Å². The molecule has 7 nitrogen and oxygen atoms in total. The molecule has 1 aliphatic heterocycles. The summed E-state index contributed by atoms with van der Waals surface area (Å²) >= 11 is 1.61. The molecule has 0 atom stereocenters. The Morgan fingerprint density at radius 1 is 0.857 bits per heavy atom. The minimum Gasteiger partial charge on any atom is -0.497 e. The average Bonchev–Trinajstić information content (AvgIpc) is 3.03. The normalized spacial score (nSPS) is 13.6. The maximum absolute atomic E-state index is 12.8. The van der Waals surface area contributed by atoms with Crippen molar-refractivity contribution in [2.45, 2.75) is 43.6 Å². The van der Waals surface area contributed by atoms with Gasteiger partial charge in [-0.05, 0) is 47.5 Å². The predicted molar refractivity (Wildman–Crippen MR) is 172 cm³/mol. The van der Waals surface area contributed by atoms with Crippen molar-refractivity contribution < 1.29 is 9.53 Å². The Morgan fingerprint density at radius 3 is 2.24 bits per heavy atom. The van der Waals surface area contributed by atoms with Crippen molar-refractivity contribution in [1.82, 2.24) is 15.3 Å². The van der Waals surface area contributed by atoms with Gasteiger partial charge in [0.25, 0.3) is 5.91 Å². The fourth-order valence-corrected chi connectivity index (χ4v) is 5.64. The lowest BCUT2D eigenvalue weighted by Gasteiger charge is -2.37. The zero-order valence-electron chi connectivity index (χ0n) is 24.8. The first-order valence-electron chi connectivity index (χ1n) is 14.4. The number of carbonyl (C=O) groups excluding carboxylic acids is 1. The first kappa shape index (κ1) is 29.5. The van der Waals surface area contributed by atoms with E-state index in [0.717, 1.165) is 59.7 Å². The third kappa shape index (κ3) is 7.62. The molecule has 0 aliphatic carbocycles. The molecule has 0 unspecified atom stereocenters. The monoisotopic (exact) mass is 581 g/mol. The van der Waals surface area contributed by atoms with Crippen LogP contribution in [0.25, 0.3) is 0 Å². The lowest BCUT2D eigenvalue weighted by molar-refractivity contribution is 0.0951. The summed E-state index contributed by atoms with van der Waals surface area (Å²) in [6, 6.07) is 28.1. The topological polar surface area (TPSA) is 70.6 Å². The number of aromatic nitrogens is 2. The largest absolute Gasteiger partial charge is 0.497 e. The number of hydrogen-bond donors (Lipinski definition) is 1. The molecule has 1 N–H and O–H groups in total. The van der Waals surface area contributed by atoms with Crippen LogP contribution < -0.4 is 19.9 Å². The summed E-state index contributed by atoms with van der Waals surface area (Å²) in [5.74, 6) is 2.45. The Morgan fingerprint density at radius 2 is 1.55 bits per heavy atom. The van der Waals surface area contributed by atoms with E-state index in [-0.39, 0.29) is 11.3 Å². The van der Waals surface area contributed by atoms with Gasteiger partial charge in [-0.25, -0.2) is 9.97 Å². The number of anilines is 2. The molecular weight excluding hydrogens is 542 g/mol. The van der Waals surface area contributed by atoms with Crippen LogP contribution in [0.3, 0.4) is 0 Å². The molecule has 42 heavy (non-hydrogen) atoms. The molecule has 1 amide bonds. The number of nitrogens with zero attached hydrogens (tertiary/aromatic N) is 4. The number of piperazine rings is 1. The average molecular weight is 582 g/mol. The van der Waals surface area contributed by atoms with Crippen LogP contribution in [0.1, 0.15) is 48.0 Å². The zero-order chi connectivity index (χ0) is 29.5. The van der Waals surface area contributed by atoms with Crippen molar-refractivity contribution in [3.63, 3.8) is 0 Å². The molecule has 8 heteroatoms. The Balaban J connectivity index is 1.24. The lowest BCUT2D eigenvalue weighted by Crippen LogP contribution is -2.47. The molecular formula is C34H39N5O2S. The lowest BCUT2D eigenvalue weighted by atomic mass is 9.92. The maximum Gasteiger partial charge on any atom is 0.251 e. The number of ether oxygens (including phenoxy) is 1. The summed E-state index contributed by atoms with van der Waals surface area (Å²) in [7, 11) is 1.69. The third-order valence-corrected chi connectivity index (χ3v) is 8.27. The van der Waals surface area contributed by atoms with Crippen molar-refractivity contribution in [3.8, 4) is 5.75 Å². The fraction of sp³-hybridized carbons (Fsp3) is 0.324. The van der Waals surface area contributed by atoms with Gasteiger partial charge in [-0.2, -0.15) is 0 Å². The van der Waals surface area contributed by atoms with Crippen molar-refractivity contribution in [2.75, 3.05) is 43.1 Å². The van der Waals surface area contributed by atoms with E-state index < -0.39 is 0 Å². The van der Waals surface area contributed by atoms with E-state index in [0.29, 0.717) is 17.9 Å². The number of benzene rings is 3. The number of hydrogen-bond acceptors (Lipinski definition) is 7. The van der Waals surface area contributed by atoms with Crippen LogP contribution in [-0.4, -0.2) is 49.2 Å². The molecule has 218 valence electrons. The van der Waals surface area contributed by atoms with Crippen LogP contribution in [-0.2, 0) is 17.7 Å². The van der Waals surface area contributed by atoms with E-state index in [2.05, 4.69) is 54.1 Å². The molecule has 0 spiro atoms. The standard InChI is InChI=1S/C34H39N5O2S/c1-34(2,3)30-22-31(39-19-17-38(18-20-39)28-13-15-29(41-4)16-14-28)37-33(36-30)42-24-26-11-8-12-27(21-26)32(40)35-23-25-9-6-5-7-10-25/h5-16,21-22H,17-20,23-24H2,1-4H3,(H,35,40). The Kier molecular flexibility index (Phi) is 9.32. The van der Waals surface area contributed by atoms with E-state index in [4.69, 9.17) is 14.7 Å². The quantitative estimate of drug-likeness (QED) is 0.183. The SMILES string of the molecule is COc1ccc(N2CCN(c3cc(C(C)(C)C)nc(SCc4cccc(C(=O)NCc5ccccc5)c4)n3)CC2)cc1. The van der Waals surface area contributed by atoms with E-state index in [1.807, 2.05) is 66.7 Å². The van der Waals surface area contributed by atoms with Crippen LogP contribution in [0.2, 0.25) is 0 Å². The van der Waals surface area contributed by atoms with Gasteiger partial charge in [-0.15, -0.1) is 0 Å². The zero-order valence-corrected chi connectivity index (χ0v) is 25.7. The number of amides is 1. The van der Waals surface area contributed by atoms with Crippen LogP contribution in [0, 0.1) is 0 Å². The van der Waals surface area contributed by atoms with E-state index in [1.165, 1.54) is 5.69 Å². The molecule has 1 aliphatic rings. The number of thioether (sulfide) groups is 1. The summed E-state index contributed by atoms with van der Waals surface area (Å²) in [4.78, 5) is 27.5. The first-order valence-corrected chi connectivity index (χ1v) is 15.3. The molecule has 1 saturated heterocycles. The van der Waals surface area contributed by atoms with Crippen molar-refractivity contribution in [2.24, 2.45) is 0 Å². The Bertz CT molecular complexity index is 1480. The van der Waals surface area contributed by atoms with Gasteiger partial charge in [0.15, 0.2) is 5.16 Å². The highest BCUT2D eigenvalue weighted by molar-refractivity contribution is 7.98. The van der Waals surface area contributed by atoms with Crippen LogP contribution in [0.5, 0.6) is 5.75 Å². The highest BCUT2D eigenvalue weighted by atomic mass is 32.2. The predicted octanol–water partition coefficient (Wildman–Crippen LogP) is 6.33. The van der Waals surface area contributed by atoms with Crippen molar-refractivity contribution >= 4 is 29.2 Å². The summed E-state index contributed by atoms with van der Waals surface area (Å²) in [5, 5.41) is 3.78. The summed E-state index contributed by atoms with van der Waals surface area (Å²) in [6.45, 7) is 10.7. The van der Waals surface area contributed by atoms with Crippen LogP contribution in [0.15, 0.2) is 90.1 Å². The third-order valence-electron chi connectivity index (χ3n) is 7.35. The molecule has 2 heterocycles. The number of nitrogens with one attached hydrogen (secondary N) is 1. The second kappa shape index (κ2) is 13.3. The molecule has 0 radical (unpaired) electrons. The smallest absolute Gasteiger partial charge is 0.251 e. The molecule has 0 saturated carbocycles. The van der Waals surface area contributed by atoms with E-state index >= 15 is 0 Å². The minimum atomic E-state index is -0.103. The molecule has 1 aromatic heterocycles. The number of methoxy groups -OCH3 is 1. The van der Waals surface area contributed by atoms with Gasteiger partial charge >= 0.3 is 0 Å². The fourth-order valence-electron chi connectivity index (χ4n) is 4.84. The van der Waals surface area contributed by atoms with Crippen LogP contribution in [0.4, 0.5) is 11.5 Å². The summed E-state index contributed by atoms with van der Waals surface area (Å²) in [5.41, 5.74) is 4.93. The highest BCUT2D eigenvalue weighted by Crippen LogP contribution is 2.30. The van der Waals surface area contributed by atoms with E-state index in [9.17, 15) is 4.79 Å². The van der Waals surface area contributed by atoms with Gasteiger partial charge in [0.05, 0.1) is 12.8 Å². The molecule has 5 rings (SSSR count). The number of carbonyl (C=O) groups is 1. The highest BCUT2D eigenvalue weighted by Gasteiger charge is 2.23. The van der Waals surface area contributed by atoms with Crippen molar-refractivity contribution in [1.29, 1.82) is 0 Å². The van der Waals surface area contributed by atoms with Gasteiger partial charge < -0.3 is 19.9 Å². The molecule has 0 bridgehead atoms. The van der Waals surface area contributed by atoms with Gasteiger partial charge in [0.1, 0.15) is 11.6 Å². The first-order chi connectivity index (χ1) is 20.3. The molecule has 1 fully saturated rings. The Labute approximate surface area is 253 Å². The van der Waals surface area contributed by atoms with Crippen LogP contribution >= 0.6 is 11.8 Å². The minimum absolute atomic E-state index is 0.0762. The second-order valence-electron chi connectivity index (χ2n) is 11.5. The Hall–Kier alpha value is -4.04.